The molecule has 0 fully saturated rings. The minimum Gasteiger partial charge on any atom is -0.334 e. The van der Waals surface area contributed by atoms with Crippen LogP contribution in [0.25, 0.3) is 22.8 Å². The number of carbonyl (C=O) groups excluding carboxylic acids is 1. The topological polar surface area (TPSA) is 90.0 Å². The van der Waals surface area contributed by atoms with E-state index in [1.807, 2.05) is 32.0 Å². The number of benzene rings is 2. The lowest BCUT2D eigenvalue weighted by Crippen LogP contribution is -2.27. The number of hydrogen-bond donors (Lipinski definition) is 1. The fourth-order valence-corrected chi connectivity index (χ4v) is 3.18. The third-order valence-electron chi connectivity index (χ3n) is 4.74. The lowest BCUT2D eigenvalue weighted by molar-refractivity contribution is -0.116. The number of nitrogens with one attached hydrogen (secondary N) is 1. The van der Waals surface area contributed by atoms with E-state index in [-0.39, 0.29) is 23.9 Å². The SMILES string of the molecule is Cc1ccc(C)c(NC(=O)Cn2cc(-c3nc(-c4ccc(Cl)cc4)no3)ccc2=O)c1. The number of aromatic nitrogens is 3. The van der Waals surface area contributed by atoms with Gasteiger partial charge < -0.3 is 14.4 Å². The van der Waals surface area contributed by atoms with Gasteiger partial charge in [0.1, 0.15) is 6.54 Å². The molecule has 0 radical (unpaired) electrons. The average molecular weight is 435 g/mol. The first-order valence-electron chi connectivity index (χ1n) is 9.57. The van der Waals surface area contributed by atoms with Crippen LogP contribution in [0.5, 0.6) is 0 Å². The zero-order chi connectivity index (χ0) is 22.0. The summed E-state index contributed by atoms with van der Waals surface area (Å²) in [4.78, 5) is 29.2. The number of rotatable bonds is 5. The molecule has 156 valence electrons. The number of carbonyl (C=O) groups is 1. The van der Waals surface area contributed by atoms with Crippen molar-refractivity contribution in [2.24, 2.45) is 0 Å². The molecular formula is C23H19ClN4O3. The van der Waals surface area contributed by atoms with E-state index in [1.54, 1.807) is 30.3 Å². The first-order valence-corrected chi connectivity index (χ1v) is 9.94. The minimum absolute atomic E-state index is 0.141. The van der Waals surface area contributed by atoms with Gasteiger partial charge in [-0.1, -0.05) is 28.9 Å². The van der Waals surface area contributed by atoms with Gasteiger partial charge >= 0.3 is 0 Å². The summed E-state index contributed by atoms with van der Waals surface area (Å²) in [7, 11) is 0. The zero-order valence-electron chi connectivity index (χ0n) is 16.9. The van der Waals surface area contributed by atoms with Gasteiger partial charge in [-0.15, -0.1) is 0 Å². The lowest BCUT2D eigenvalue weighted by atomic mass is 10.1. The maximum Gasteiger partial charge on any atom is 0.259 e. The second-order valence-electron chi connectivity index (χ2n) is 7.18. The van der Waals surface area contributed by atoms with Gasteiger partial charge in [0.25, 0.3) is 11.4 Å². The molecule has 0 bridgehead atoms. The first-order chi connectivity index (χ1) is 14.9. The standard InChI is InChI=1S/C23H19ClN4O3/c1-14-3-4-15(2)19(11-14)25-20(29)13-28-12-17(7-10-21(28)30)23-26-22(27-31-23)16-5-8-18(24)9-6-16/h3-12H,13H2,1-2H3,(H,25,29). The number of aryl methyl sites for hydroxylation is 2. The Morgan fingerprint density at radius 1 is 1.06 bits per heavy atom. The van der Waals surface area contributed by atoms with Gasteiger partial charge in [0.05, 0.1) is 5.56 Å². The molecule has 7 nitrogen and oxygen atoms in total. The van der Waals surface area contributed by atoms with Gasteiger partial charge in [-0.05, 0) is 61.4 Å². The third-order valence-corrected chi connectivity index (χ3v) is 4.99. The number of nitrogens with zero attached hydrogens (tertiary/aromatic N) is 3. The molecule has 2 heterocycles. The van der Waals surface area contributed by atoms with Crippen molar-refractivity contribution in [1.29, 1.82) is 0 Å². The Morgan fingerprint density at radius 3 is 2.58 bits per heavy atom. The molecule has 0 saturated carbocycles. The summed E-state index contributed by atoms with van der Waals surface area (Å²) in [6.45, 7) is 3.72. The highest BCUT2D eigenvalue weighted by Crippen LogP contribution is 2.23. The van der Waals surface area contributed by atoms with Crippen LogP contribution < -0.4 is 10.9 Å². The van der Waals surface area contributed by atoms with Crippen molar-refractivity contribution in [2.45, 2.75) is 20.4 Å². The van der Waals surface area contributed by atoms with Crippen LogP contribution in [0.4, 0.5) is 5.69 Å². The number of amides is 1. The van der Waals surface area contributed by atoms with Crippen LogP contribution in [-0.2, 0) is 11.3 Å². The molecule has 0 aliphatic rings. The van der Waals surface area contributed by atoms with Gasteiger partial charge in [-0.3, -0.25) is 9.59 Å². The smallest absolute Gasteiger partial charge is 0.259 e. The van der Waals surface area contributed by atoms with E-state index in [0.717, 1.165) is 22.4 Å². The lowest BCUT2D eigenvalue weighted by Gasteiger charge is -2.11. The monoisotopic (exact) mass is 434 g/mol. The molecule has 0 saturated heterocycles. The number of pyridine rings is 1. The molecule has 4 rings (SSSR count). The van der Waals surface area contributed by atoms with E-state index in [9.17, 15) is 9.59 Å². The predicted molar refractivity (Wildman–Crippen MR) is 119 cm³/mol. The van der Waals surface area contributed by atoms with E-state index in [0.29, 0.717) is 16.4 Å². The van der Waals surface area contributed by atoms with Crippen LogP contribution in [0, 0.1) is 13.8 Å². The van der Waals surface area contributed by atoms with Crippen LogP contribution in [0.1, 0.15) is 11.1 Å². The van der Waals surface area contributed by atoms with Gasteiger partial charge in [0.2, 0.25) is 11.7 Å². The van der Waals surface area contributed by atoms with Crippen molar-refractivity contribution in [2.75, 3.05) is 5.32 Å². The summed E-state index contributed by atoms with van der Waals surface area (Å²) in [6.07, 6.45) is 1.53. The molecule has 0 aliphatic carbocycles. The van der Waals surface area contributed by atoms with E-state index >= 15 is 0 Å². The quantitative estimate of drug-likeness (QED) is 0.500. The minimum atomic E-state index is -0.308. The molecule has 0 unspecified atom stereocenters. The Bertz CT molecular complexity index is 1310. The fourth-order valence-electron chi connectivity index (χ4n) is 3.05. The number of hydrogen-bond acceptors (Lipinski definition) is 5. The number of halogens is 1. The van der Waals surface area contributed by atoms with E-state index in [2.05, 4.69) is 15.5 Å². The highest BCUT2D eigenvalue weighted by atomic mass is 35.5. The number of anilines is 1. The summed E-state index contributed by atoms with van der Waals surface area (Å²) in [5, 5.41) is 7.45. The van der Waals surface area contributed by atoms with Crippen LogP contribution in [-0.4, -0.2) is 20.6 Å². The van der Waals surface area contributed by atoms with Gasteiger partial charge in [0.15, 0.2) is 0 Å². The average Bonchev–Trinajstić information content (AvgIpc) is 3.23. The summed E-state index contributed by atoms with van der Waals surface area (Å²) >= 11 is 5.91. The summed E-state index contributed by atoms with van der Waals surface area (Å²) in [5.74, 6) is 0.339. The van der Waals surface area contributed by atoms with Gasteiger partial charge in [0, 0.05) is 28.5 Å². The second-order valence-corrected chi connectivity index (χ2v) is 7.62. The highest BCUT2D eigenvalue weighted by molar-refractivity contribution is 6.30. The van der Waals surface area contributed by atoms with Crippen LogP contribution in [0.2, 0.25) is 5.02 Å². The molecular weight excluding hydrogens is 416 g/mol. The Kier molecular flexibility index (Phi) is 5.68. The molecule has 1 N–H and O–H groups in total. The molecule has 0 atom stereocenters. The van der Waals surface area contributed by atoms with Crippen molar-refractivity contribution in [3.8, 4) is 22.8 Å². The molecule has 0 aliphatic heterocycles. The summed E-state index contributed by atoms with van der Waals surface area (Å²) in [5.41, 5.74) is 3.68. The fraction of sp³-hybridized carbons (Fsp3) is 0.130. The van der Waals surface area contributed by atoms with E-state index in [4.69, 9.17) is 16.1 Å². The second kappa shape index (κ2) is 8.57. The molecule has 2 aromatic heterocycles. The van der Waals surface area contributed by atoms with E-state index < -0.39 is 0 Å². The molecule has 1 amide bonds. The van der Waals surface area contributed by atoms with Crippen molar-refractivity contribution in [1.82, 2.24) is 14.7 Å². The zero-order valence-corrected chi connectivity index (χ0v) is 17.7. The summed E-state index contributed by atoms with van der Waals surface area (Å²) < 4.78 is 6.66. The molecule has 0 spiro atoms. The van der Waals surface area contributed by atoms with Crippen molar-refractivity contribution in [3.63, 3.8) is 0 Å². The summed E-state index contributed by atoms with van der Waals surface area (Å²) in [6, 6.07) is 15.8. The normalized spacial score (nSPS) is 10.8. The van der Waals surface area contributed by atoms with Crippen LogP contribution in [0.3, 0.4) is 0 Å². The maximum atomic E-state index is 12.5. The predicted octanol–water partition coefficient (Wildman–Crippen LogP) is 4.47. The molecule has 8 heteroatoms. The largest absolute Gasteiger partial charge is 0.334 e. The van der Waals surface area contributed by atoms with Crippen molar-refractivity contribution >= 4 is 23.2 Å². The maximum absolute atomic E-state index is 12.5. The Balaban J connectivity index is 1.55. The Labute approximate surface area is 183 Å². The van der Waals surface area contributed by atoms with Crippen molar-refractivity contribution in [3.05, 3.63) is 87.3 Å². The third kappa shape index (κ3) is 4.73. The highest BCUT2D eigenvalue weighted by Gasteiger charge is 2.13. The molecule has 31 heavy (non-hydrogen) atoms. The molecule has 2 aromatic carbocycles. The van der Waals surface area contributed by atoms with Gasteiger partial charge in [-0.25, -0.2) is 0 Å². The first kappa shape index (κ1) is 20.6. The Morgan fingerprint density at radius 2 is 1.81 bits per heavy atom. The van der Waals surface area contributed by atoms with E-state index in [1.165, 1.54) is 16.8 Å². The van der Waals surface area contributed by atoms with Crippen LogP contribution >= 0.6 is 11.6 Å². The Hall–Kier alpha value is -3.71. The molecule has 4 aromatic rings. The van der Waals surface area contributed by atoms with Crippen LogP contribution in [0.15, 0.2) is 70.1 Å². The van der Waals surface area contributed by atoms with Gasteiger partial charge in [-0.2, -0.15) is 4.98 Å². The van der Waals surface area contributed by atoms with Crippen molar-refractivity contribution < 1.29 is 9.32 Å².